The monoisotopic (exact) mass is 324 g/mol. The van der Waals surface area contributed by atoms with Gasteiger partial charge in [-0.05, 0) is 63.5 Å². The van der Waals surface area contributed by atoms with E-state index in [1.807, 2.05) is 24.3 Å². The number of rotatable bonds is 4. The Morgan fingerprint density at radius 2 is 2.16 bits per heavy atom. The summed E-state index contributed by atoms with van der Waals surface area (Å²) in [6.07, 6.45) is 3.60. The zero-order valence-corrected chi connectivity index (χ0v) is 12.9. The summed E-state index contributed by atoms with van der Waals surface area (Å²) in [5.41, 5.74) is 0.720. The van der Waals surface area contributed by atoms with Gasteiger partial charge in [-0.25, -0.2) is 0 Å². The molecule has 1 aromatic rings. The Morgan fingerprint density at radius 1 is 1.42 bits per heavy atom. The van der Waals surface area contributed by atoms with E-state index < -0.39 is 0 Å². The maximum absolute atomic E-state index is 12.0. The van der Waals surface area contributed by atoms with Gasteiger partial charge in [0.2, 0.25) is 0 Å². The minimum atomic E-state index is 0.0224. The van der Waals surface area contributed by atoms with Crippen LogP contribution in [0.25, 0.3) is 0 Å². The van der Waals surface area contributed by atoms with E-state index >= 15 is 0 Å². The Kier molecular flexibility index (Phi) is 5.40. The van der Waals surface area contributed by atoms with Crippen LogP contribution in [0.5, 0.6) is 0 Å². The van der Waals surface area contributed by atoms with Gasteiger partial charge in [-0.15, -0.1) is 0 Å². The Hall–Kier alpha value is -0.870. The predicted molar refractivity (Wildman–Crippen MR) is 81.3 cm³/mol. The minimum Gasteiger partial charge on any atom is -0.352 e. The highest BCUT2D eigenvalue weighted by atomic mass is 79.9. The maximum Gasteiger partial charge on any atom is 0.251 e. The quantitative estimate of drug-likeness (QED) is 0.923. The van der Waals surface area contributed by atoms with Gasteiger partial charge in [0.05, 0.1) is 0 Å². The third kappa shape index (κ3) is 4.62. The van der Waals surface area contributed by atoms with E-state index in [0.29, 0.717) is 0 Å². The molecule has 1 aliphatic rings. The second kappa shape index (κ2) is 7.06. The first-order chi connectivity index (χ1) is 9.15. The Morgan fingerprint density at radius 3 is 2.84 bits per heavy atom. The summed E-state index contributed by atoms with van der Waals surface area (Å²) in [5.74, 6) is 0.785. The molecule has 1 aromatic carbocycles. The number of carbonyl (C=O) groups excluding carboxylic acids is 1. The molecule has 1 heterocycles. The number of piperidine rings is 1. The number of halogens is 1. The van der Waals surface area contributed by atoms with Crippen molar-refractivity contribution < 1.29 is 4.79 Å². The topological polar surface area (TPSA) is 32.3 Å². The van der Waals surface area contributed by atoms with Crippen LogP contribution in [-0.2, 0) is 0 Å². The summed E-state index contributed by atoms with van der Waals surface area (Å²) in [7, 11) is 2.17. The summed E-state index contributed by atoms with van der Waals surface area (Å²) in [6.45, 7) is 3.15. The second-order valence-corrected chi connectivity index (χ2v) is 6.22. The molecular weight excluding hydrogens is 304 g/mol. The van der Waals surface area contributed by atoms with Crippen molar-refractivity contribution in [1.29, 1.82) is 0 Å². The molecule has 0 bridgehead atoms. The van der Waals surface area contributed by atoms with Crippen molar-refractivity contribution >= 4 is 21.8 Å². The lowest BCUT2D eigenvalue weighted by Crippen LogP contribution is -2.32. The fraction of sp³-hybridized carbons (Fsp3) is 0.533. The molecule has 0 unspecified atom stereocenters. The van der Waals surface area contributed by atoms with Gasteiger partial charge in [0.1, 0.15) is 0 Å². The molecular formula is C15H21BrN2O. The Bertz CT molecular complexity index is 428. The lowest BCUT2D eigenvalue weighted by atomic mass is 9.94. The normalized spacial score (nSPS) is 17.4. The first-order valence-electron chi connectivity index (χ1n) is 6.87. The predicted octanol–water partition coefficient (Wildman–Crippen LogP) is 2.91. The molecule has 0 aromatic heterocycles. The van der Waals surface area contributed by atoms with Crippen molar-refractivity contribution in [3.05, 3.63) is 34.3 Å². The minimum absolute atomic E-state index is 0.0224. The van der Waals surface area contributed by atoms with Crippen molar-refractivity contribution in [2.24, 2.45) is 5.92 Å². The standard InChI is InChI=1S/C15H21BrN2O/c1-18-9-6-12(7-10-18)5-8-17-15(19)13-3-2-4-14(16)11-13/h2-4,11-12H,5-10H2,1H3,(H,17,19). The number of hydrogen-bond acceptors (Lipinski definition) is 2. The Labute approximate surface area is 123 Å². The van der Waals surface area contributed by atoms with E-state index in [1.54, 1.807) is 0 Å². The van der Waals surface area contributed by atoms with E-state index in [2.05, 4.69) is 33.2 Å². The molecule has 0 radical (unpaired) electrons. The van der Waals surface area contributed by atoms with E-state index in [1.165, 1.54) is 25.9 Å². The molecule has 1 aliphatic heterocycles. The molecule has 1 fully saturated rings. The molecule has 0 spiro atoms. The van der Waals surface area contributed by atoms with E-state index in [-0.39, 0.29) is 5.91 Å². The van der Waals surface area contributed by atoms with Crippen molar-refractivity contribution in [3.63, 3.8) is 0 Å². The van der Waals surface area contributed by atoms with Gasteiger partial charge in [-0.2, -0.15) is 0 Å². The van der Waals surface area contributed by atoms with Gasteiger partial charge in [0, 0.05) is 16.6 Å². The summed E-state index contributed by atoms with van der Waals surface area (Å²) in [5, 5.41) is 3.01. The highest BCUT2D eigenvalue weighted by molar-refractivity contribution is 9.10. The highest BCUT2D eigenvalue weighted by Gasteiger charge is 2.16. The zero-order valence-electron chi connectivity index (χ0n) is 11.4. The van der Waals surface area contributed by atoms with E-state index in [4.69, 9.17) is 0 Å². The lowest BCUT2D eigenvalue weighted by Gasteiger charge is -2.28. The van der Waals surface area contributed by atoms with Crippen LogP contribution in [0.2, 0.25) is 0 Å². The number of nitrogens with zero attached hydrogens (tertiary/aromatic N) is 1. The van der Waals surface area contributed by atoms with Gasteiger partial charge in [-0.3, -0.25) is 4.79 Å². The first kappa shape index (κ1) is 14.5. The molecule has 0 atom stereocenters. The van der Waals surface area contributed by atoms with Crippen LogP contribution >= 0.6 is 15.9 Å². The summed E-state index contributed by atoms with van der Waals surface area (Å²) < 4.78 is 0.940. The summed E-state index contributed by atoms with van der Waals surface area (Å²) >= 11 is 3.38. The fourth-order valence-corrected chi connectivity index (χ4v) is 2.87. The van der Waals surface area contributed by atoms with Gasteiger partial charge in [0.25, 0.3) is 5.91 Å². The molecule has 3 nitrogen and oxygen atoms in total. The van der Waals surface area contributed by atoms with Crippen LogP contribution in [0.4, 0.5) is 0 Å². The summed E-state index contributed by atoms with van der Waals surface area (Å²) in [4.78, 5) is 14.3. The van der Waals surface area contributed by atoms with Crippen molar-refractivity contribution in [2.45, 2.75) is 19.3 Å². The zero-order chi connectivity index (χ0) is 13.7. The molecule has 1 N–H and O–H groups in total. The molecule has 104 valence electrons. The number of hydrogen-bond donors (Lipinski definition) is 1. The van der Waals surface area contributed by atoms with E-state index in [0.717, 1.165) is 28.9 Å². The average molecular weight is 325 g/mol. The number of likely N-dealkylation sites (tertiary alicyclic amines) is 1. The van der Waals surface area contributed by atoms with Crippen LogP contribution in [0.15, 0.2) is 28.7 Å². The largest absolute Gasteiger partial charge is 0.352 e. The third-order valence-electron chi connectivity index (χ3n) is 3.76. The van der Waals surface area contributed by atoms with Crippen LogP contribution < -0.4 is 5.32 Å². The molecule has 0 aliphatic carbocycles. The molecule has 19 heavy (non-hydrogen) atoms. The molecule has 0 saturated carbocycles. The molecule has 1 saturated heterocycles. The van der Waals surface area contributed by atoms with Gasteiger partial charge in [0.15, 0.2) is 0 Å². The lowest BCUT2D eigenvalue weighted by molar-refractivity contribution is 0.0949. The number of nitrogens with one attached hydrogen (secondary N) is 1. The van der Waals surface area contributed by atoms with Gasteiger partial charge < -0.3 is 10.2 Å². The molecule has 1 amide bonds. The number of benzene rings is 1. The van der Waals surface area contributed by atoms with E-state index in [9.17, 15) is 4.79 Å². The highest BCUT2D eigenvalue weighted by Crippen LogP contribution is 2.18. The van der Waals surface area contributed by atoms with Crippen molar-refractivity contribution in [2.75, 3.05) is 26.7 Å². The van der Waals surface area contributed by atoms with Gasteiger partial charge in [-0.1, -0.05) is 22.0 Å². The average Bonchev–Trinajstić information content (AvgIpc) is 2.41. The maximum atomic E-state index is 12.0. The molecule has 2 rings (SSSR count). The van der Waals surface area contributed by atoms with Crippen LogP contribution in [-0.4, -0.2) is 37.5 Å². The third-order valence-corrected chi connectivity index (χ3v) is 4.26. The number of amides is 1. The van der Waals surface area contributed by atoms with Crippen LogP contribution in [0.3, 0.4) is 0 Å². The first-order valence-corrected chi connectivity index (χ1v) is 7.67. The fourth-order valence-electron chi connectivity index (χ4n) is 2.47. The van der Waals surface area contributed by atoms with Crippen LogP contribution in [0, 0.1) is 5.92 Å². The molecule has 4 heteroatoms. The second-order valence-electron chi connectivity index (χ2n) is 5.30. The SMILES string of the molecule is CN1CCC(CCNC(=O)c2cccc(Br)c2)CC1. The van der Waals surface area contributed by atoms with Crippen LogP contribution in [0.1, 0.15) is 29.6 Å². The smallest absolute Gasteiger partial charge is 0.251 e. The summed E-state index contributed by atoms with van der Waals surface area (Å²) in [6, 6.07) is 7.51. The van der Waals surface area contributed by atoms with Crippen molar-refractivity contribution in [3.8, 4) is 0 Å². The number of carbonyl (C=O) groups is 1. The van der Waals surface area contributed by atoms with Gasteiger partial charge >= 0.3 is 0 Å². The Balaban J connectivity index is 1.72. The van der Waals surface area contributed by atoms with Crippen molar-refractivity contribution in [1.82, 2.24) is 10.2 Å².